The Kier molecular flexibility index (Phi) is 5.20. The van der Waals surface area contributed by atoms with Crippen LogP contribution < -0.4 is 5.32 Å². The van der Waals surface area contributed by atoms with E-state index in [9.17, 15) is 0 Å². The molecule has 0 aliphatic carbocycles. The van der Waals surface area contributed by atoms with Crippen LogP contribution in [0.5, 0.6) is 0 Å². The van der Waals surface area contributed by atoms with Crippen LogP contribution in [-0.2, 0) is 13.1 Å². The van der Waals surface area contributed by atoms with Gasteiger partial charge in [-0.15, -0.1) is 11.3 Å². The van der Waals surface area contributed by atoms with Gasteiger partial charge in [-0.3, -0.25) is 0 Å². The summed E-state index contributed by atoms with van der Waals surface area (Å²) in [6.07, 6.45) is 0. The molecular formula is C16H20BrNS. The smallest absolute Gasteiger partial charge is 0.0314 e. The largest absolute Gasteiger partial charge is 0.308 e. The van der Waals surface area contributed by atoms with Gasteiger partial charge in [0.05, 0.1) is 0 Å². The van der Waals surface area contributed by atoms with Gasteiger partial charge in [0.1, 0.15) is 0 Å². The summed E-state index contributed by atoms with van der Waals surface area (Å²) in [5, 5.41) is 3.50. The first-order chi connectivity index (χ1) is 9.06. The lowest BCUT2D eigenvalue weighted by Gasteiger charge is -2.07. The first kappa shape index (κ1) is 14.8. The molecule has 1 nitrogen and oxygen atoms in total. The van der Waals surface area contributed by atoms with E-state index in [1.165, 1.54) is 25.4 Å². The molecule has 2 aromatic rings. The van der Waals surface area contributed by atoms with Crippen LogP contribution in [-0.4, -0.2) is 0 Å². The number of hydrogen-bond donors (Lipinski definition) is 1. The van der Waals surface area contributed by atoms with E-state index in [-0.39, 0.29) is 0 Å². The molecular weight excluding hydrogens is 318 g/mol. The minimum Gasteiger partial charge on any atom is -0.308 e. The Morgan fingerprint density at radius 1 is 1.16 bits per heavy atom. The Bertz CT molecular complexity index is 509. The predicted octanol–water partition coefficient (Wildman–Crippen LogP) is 5.23. The van der Waals surface area contributed by atoms with Crippen LogP contribution in [0.1, 0.15) is 40.6 Å². The van der Waals surface area contributed by atoms with Gasteiger partial charge in [-0.2, -0.15) is 0 Å². The highest BCUT2D eigenvalue weighted by Crippen LogP contribution is 2.26. The number of hydrogen-bond acceptors (Lipinski definition) is 2. The van der Waals surface area contributed by atoms with Crippen molar-refractivity contribution in [2.24, 2.45) is 0 Å². The summed E-state index contributed by atoms with van der Waals surface area (Å²) in [6.45, 7) is 8.45. The molecule has 19 heavy (non-hydrogen) atoms. The van der Waals surface area contributed by atoms with Gasteiger partial charge >= 0.3 is 0 Å². The van der Waals surface area contributed by atoms with Crippen molar-refractivity contribution in [3.8, 4) is 0 Å². The van der Waals surface area contributed by atoms with E-state index in [1.807, 2.05) is 11.3 Å². The molecule has 0 atom stereocenters. The van der Waals surface area contributed by atoms with E-state index in [1.54, 1.807) is 0 Å². The van der Waals surface area contributed by atoms with Gasteiger partial charge < -0.3 is 5.32 Å². The van der Waals surface area contributed by atoms with Crippen molar-refractivity contribution in [3.05, 3.63) is 55.7 Å². The summed E-state index contributed by atoms with van der Waals surface area (Å²) in [6, 6.07) is 11.1. The predicted molar refractivity (Wildman–Crippen MR) is 87.8 cm³/mol. The van der Waals surface area contributed by atoms with Crippen LogP contribution in [0.4, 0.5) is 0 Å². The average Bonchev–Trinajstić information content (AvgIpc) is 2.69. The summed E-state index contributed by atoms with van der Waals surface area (Å²) in [5.41, 5.74) is 2.75. The highest BCUT2D eigenvalue weighted by atomic mass is 79.9. The van der Waals surface area contributed by atoms with Crippen molar-refractivity contribution in [3.63, 3.8) is 0 Å². The molecule has 0 amide bonds. The lowest BCUT2D eigenvalue weighted by molar-refractivity contribution is 0.700. The number of rotatable bonds is 5. The second-order valence-corrected chi connectivity index (χ2v) is 7.31. The van der Waals surface area contributed by atoms with Crippen LogP contribution in [0, 0.1) is 6.92 Å². The topological polar surface area (TPSA) is 12.0 Å². The standard InChI is InChI=1S/C16H20BrNS/c1-11(2)14-6-4-13(5-7-14)9-18-10-15-8-16(17)12(3)19-15/h4-8,11,18H,9-10H2,1-3H3. The third-order valence-corrected chi connectivity index (χ3v) is 5.32. The van der Waals surface area contributed by atoms with Gasteiger partial charge in [-0.1, -0.05) is 38.1 Å². The molecule has 2 rings (SSSR count). The Morgan fingerprint density at radius 3 is 2.37 bits per heavy atom. The molecule has 102 valence electrons. The van der Waals surface area contributed by atoms with Crippen molar-refractivity contribution in [2.45, 2.75) is 39.8 Å². The third-order valence-electron chi connectivity index (χ3n) is 3.18. The second kappa shape index (κ2) is 6.69. The molecule has 1 heterocycles. The fourth-order valence-electron chi connectivity index (χ4n) is 1.96. The van der Waals surface area contributed by atoms with Crippen molar-refractivity contribution >= 4 is 27.3 Å². The molecule has 0 saturated heterocycles. The van der Waals surface area contributed by atoms with Crippen molar-refractivity contribution < 1.29 is 0 Å². The van der Waals surface area contributed by atoms with Crippen LogP contribution in [0.15, 0.2) is 34.8 Å². The molecule has 0 aliphatic rings. The number of nitrogens with one attached hydrogen (secondary N) is 1. The Hall–Kier alpha value is -0.640. The van der Waals surface area contributed by atoms with Crippen molar-refractivity contribution in [2.75, 3.05) is 0 Å². The molecule has 1 aromatic carbocycles. The lowest BCUT2D eigenvalue weighted by Crippen LogP contribution is -2.11. The summed E-state index contributed by atoms with van der Waals surface area (Å²) in [7, 11) is 0. The summed E-state index contributed by atoms with van der Waals surface area (Å²) in [4.78, 5) is 2.72. The number of benzene rings is 1. The Balaban J connectivity index is 1.85. The van der Waals surface area contributed by atoms with Crippen molar-refractivity contribution in [1.29, 1.82) is 0 Å². The average molecular weight is 338 g/mol. The molecule has 0 spiro atoms. The minimum absolute atomic E-state index is 0.605. The zero-order valence-electron chi connectivity index (χ0n) is 11.7. The van der Waals surface area contributed by atoms with E-state index in [0.717, 1.165) is 13.1 Å². The highest BCUT2D eigenvalue weighted by Gasteiger charge is 2.03. The van der Waals surface area contributed by atoms with Gasteiger partial charge in [0.25, 0.3) is 0 Å². The Morgan fingerprint density at radius 2 is 1.84 bits per heavy atom. The van der Waals surface area contributed by atoms with E-state index < -0.39 is 0 Å². The first-order valence-corrected chi connectivity index (χ1v) is 8.21. The maximum absolute atomic E-state index is 3.56. The molecule has 0 unspecified atom stereocenters. The number of aryl methyl sites for hydroxylation is 1. The zero-order chi connectivity index (χ0) is 13.8. The van der Waals surface area contributed by atoms with E-state index in [4.69, 9.17) is 0 Å². The first-order valence-electron chi connectivity index (χ1n) is 6.60. The zero-order valence-corrected chi connectivity index (χ0v) is 14.1. The molecule has 0 saturated carbocycles. The van der Waals surface area contributed by atoms with Gasteiger partial charge in [-0.05, 0) is 46.0 Å². The van der Waals surface area contributed by atoms with Crippen LogP contribution in [0.25, 0.3) is 0 Å². The van der Waals surface area contributed by atoms with Crippen LogP contribution >= 0.6 is 27.3 Å². The van der Waals surface area contributed by atoms with Crippen LogP contribution in [0.3, 0.4) is 0 Å². The SMILES string of the molecule is Cc1sc(CNCc2ccc(C(C)C)cc2)cc1Br. The maximum Gasteiger partial charge on any atom is 0.0314 e. The third kappa shape index (κ3) is 4.16. The summed E-state index contributed by atoms with van der Waals surface area (Å²) < 4.78 is 1.22. The fraction of sp³-hybridized carbons (Fsp3) is 0.375. The fourth-order valence-corrected chi connectivity index (χ4v) is 3.53. The molecule has 0 radical (unpaired) electrons. The molecule has 0 fully saturated rings. The maximum atomic E-state index is 3.56. The highest BCUT2D eigenvalue weighted by molar-refractivity contribution is 9.10. The van der Waals surface area contributed by atoms with E-state index >= 15 is 0 Å². The van der Waals surface area contributed by atoms with Crippen LogP contribution in [0.2, 0.25) is 0 Å². The molecule has 1 N–H and O–H groups in total. The van der Waals surface area contributed by atoms with Gasteiger partial charge in [0.15, 0.2) is 0 Å². The van der Waals surface area contributed by atoms with Gasteiger partial charge in [0, 0.05) is 27.3 Å². The van der Waals surface area contributed by atoms with Gasteiger partial charge in [-0.25, -0.2) is 0 Å². The lowest BCUT2D eigenvalue weighted by atomic mass is 10.0. The second-order valence-electron chi connectivity index (χ2n) is 5.12. The quantitative estimate of drug-likeness (QED) is 0.787. The summed E-state index contributed by atoms with van der Waals surface area (Å²) in [5.74, 6) is 0.605. The molecule has 0 aliphatic heterocycles. The Labute approximate surface area is 128 Å². The van der Waals surface area contributed by atoms with Gasteiger partial charge in [0.2, 0.25) is 0 Å². The molecule has 1 aromatic heterocycles. The molecule has 3 heteroatoms. The normalized spacial score (nSPS) is 11.2. The van der Waals surface area contributed by atoms with E-state index in [0.29, 0.717) is 5.92 Å². The van der Waals surface area contributed by atoms with E-state index in [2.05, 4.69) is 72.3 Å². The molecule has 0 bridgehead atoms. The summed E-state index contributed by atoms with van der Waals surface area (Å²) >= 11 is 5.40. The number of halogens is 1. The monoisotopic (exact) mass is 337 g/mol. The number of thiophene rings is 1. The minimum atomic E-state index is 0.605. The van der Waals surface area contributed by atoms with Crippen molar-refractivity contribution in [1.82, 2.24) is 5.32 Å².